The molecule has 0 bridgehead atoms. The summed E-state index contributed by atoms with van der Waals surface area (Å²) in [7, 11) is 5.95. The van der Waals surface area contributed by atoms with Crippen molar-refractivity contribution in [1.29, 1.82) is 0 Å². The fourth-order valence-corrected chi connectivity index (χ4v) is 11.9. The molecule has 0 aromatic rings. The number of nitrogens with zero attached hydrogens (tertiary/aromatic N) is 1. The summed E-state index contributed by atoms with van der Waals surface area (Å²) in [5.74, 6) is -2.25. The van der Waals surface area contributed by atoms with E-state index in [1.54, 1.807) is 0 Å². The lowest BCUT2D eigenvalue weighted by molar-refractivity contribution is -0.870. The zero-order valence-electron chi connectivity index (χ0n) is 60.5. The number of rotatable bonds is 74. The van der Waals surface area contributed by atoms with E-state index in [1.165, 1.54) is 302 Å². The highest BCUT2D eigenvalue weighted by molar-refractivity contribution is 5.70. The van der Waals surface area contributed by atoms with Crippen molar-refractivity contribution >= 4 is 17.9 Å². The molecule has 0 radical (unpaired) electrons. The van der Waals surface area contributed by atoms with Crippen molar-refractivity contribution in [3.8, 4) is 0 Å². The van der Waals surface area contributed by atoms with Gasteiger partial charge in [-0.3, -0.25) is 9.59 Å². The normalized spacial score (nSPS) is 12.9. The van der Waals surface area contributed by atoms with Gasteiger partial charge in [-0.15, -0.1) is 0 Å². The first kappa shape index (κ1) is 87.2. The van der Waals surface area contributed by atoms with Crippen LogP contribution in [0.4, 0.5) is 0 Å². The Kier molecular flexibility index (Phi) is 69.9. The number of carboxylic acid groups (broad SMARTS) is 1. The monoisotopic (exact) mass is 1270 g/mol. The second-order valence-electron chi connectivity index (χ2n) is 28.0. The molecule has 0 rings (SSSR count). The number of likely N-dealkylation sites (N-methyl/N-ethyl adjacent to an activating group) is 1. The van der Waals surface area contributed by atoms with Gasteiger partial charge in [0.15, 0.2) is 12.4 Å². The van der Waals surface area contributed by atoms with Gasteiger partial charge in [-0.25, -0.2) is 0 Å². The molecule has 2 atom stereocenters. The molecule has 0 aliphatic rings. The van der Waals surface area contributed by atoms with Gasteiger partial charge in [-0.1, -0.05) is 377 Å². The number of unbranched alkanes of at least 4 members (excludes halogenated alkanes) is 51. The van der Waals surface area contributed by atoms with E-state index in [-0.39, 0.29) is 32.2 Å². The number of carbonyl (C=O) groups is 3. The lowest BCUT2D eigenvalue weighted by Crippen LogP contribution is -2.44. The van der Waals surface area contributed by atoms with Gasteiger partial charge in [0.25, 0.3) is 0 Å². The third kappa shape index (κ3) is 72.7. The topological polar surface area (TPSA) is 111 Å². The van der Waals surface area contributed by atoms with Crippen LogP contribution in [0.1, 0.15) is 393 Å². The second kappa shape index (κ2) is 72.1. The summed E-state index contributed by atoms with van der Waals surface area (Å²) < 4.78 is 22.9. The maximum Gasteiger partial charge on any atom is 0.306 e. The predicted molar refractivity (Wildman–Crippen MR) is 385 cm³/mol. The molecule has 0 amide bonds. The quantitative estimate of drug-likeness (QED) is 0.0195. The Morgan fingerprint density at radius 2 is 0.633 bits per heavy atom. The van der Waals surface area contributed by atoms with Crippen molar-refractivity contribution in [2.75, 3.05) is 47.5 Å². The Balaban J connectivity index is 3.98. The summed E-state index contributed by atoms with van der Waals surface area (Å²) in [5, 5.41) is 11.9. The number of aliphatic carboxylic acids is 1. The molecule has 0 heterocycles. The Hall–Kier alpha value is -2.75. The molecule has 0 fully saturated rings. The molecule has 0 aromatic carbocycles. The van der Waals surface area contributed by atoms with E-state index in [1.807, 2.05) is 21.1 Å². The molecular weight excluding hydrogens is 1110 g/mol. The molecule has 2 unspecified atom stereocenters. The Bertz CT molecular complexity index is 1620. The molecular formula is C81H151NO8. The first-order valence-electron chi connectivity index (χ1n) is 39.3. The first-order valence-corrected chi connectivity index (χ1v) is 39.3. The number of ether oxygens (including phenoxy) is 4. The Morgan fingerprint density at radius 3 is 0.944 bits per heavy atom. The predicted octanol–water partition coefficient (Wildman–Crippen LogP) is 23.5. The van der Waals surface area contributed by atoms with Crippen molar-refractivity contribution < 1.29 is 42.9 Å². The molecule has 0 saturated carbocycles. The van der Waals surface area contributed by atoms with Crippen LogP contribution in [0.25, 0.3) is 0 Å². The molecule has 0 aliphatic carbocycles. The zero-order valence-corrected chi connectivity index (χ0v) is 60.5. The molecule has 0 aliphatic heterocycles. The number of hydrogen-bond acceptors (Lipinski definition) is 8. The van der Waals surface area contributed by atoms with Gasteiger partial charge in [0.1, 0.15) is 13.2 Å². The van der Waals surface area contributed by atoms with E-state index < -0.39 is 24.3 Å². The Morgan fingerprint density at radius 1 is 0.344 bits per heavy atom. The minimum atomic E-state index is -1.62. The third-order valence-electron chi connectivity index (χ3n) is 17.8. The minimum absolute atomic E-state index is 0.150. The van der Waals surface area contributed by atoms with Crippen LogP contribution in [0.2, 0.25) is 0 Å². The van der Waals surface area contributed by atoms with Crippen LogP contribution in [0, 0.1) is 0 Å². The molecule has 9 heteroatoms. The highest BCUT2D eigenvalue weighted by Crippen LogP contribution is 2.20. The Labute approximate surface area is 559 Å². The summed E-state index contributed by atoms with van der Waals surface area (Å²) >= 11 is 0. The van der Waals surface area contributed by atoms with E-state index in [2.05, 4.69) is 62.5 Å². The van der Waals surface area contributed by atoms with E-state index >= 15 is 0 Å². The summed E-state index contributed by atoms with van der Waals surface area (Å²) in [6.45, 7) is 4.71. The number of quaternary nitrogens is 1. The highest BCUT2D eigenvalue weighted by Gasteiger charge is 2.22. The van der Waals surface area contributed by atoms with Crippen molar-refractivity contribution in [3.63, 3.8) is 0 Å². The number of hydrogen-bond donors (Lipinski definition) is 0. The lowest BCUT2D eigenvalue weighted by atomic mass is 10.0. The van der Waals surface area contributed by atoms with Crippen molar-refractivity contribution in [2.45, 2.75) is 405 Å². The van der Waals surface area contributed by atoms with Crippen molar-refractivity contribution in [2.24, 2.45) is 0 Å². The van der Waals surface area contributed by atoms with Gasteiger partial charge < -0.3 is 33.3 Å². The molecule has 528 valence electrons. The molecule has 0 N–H and O–H groups in total. The summed E-state index contributed by atoms with van der Waals surface area (Å²) in [6, 6.07) is 0. The van der Waals surface area contributed by atoms with Crippen LogP contribution in [0.3, 0.4) is 0 Å². The lowest BCUT2D eigenvalue weighted by Gasteiger charge is -2.26. The summed E-state index contributed by atoms with van der Waals surface area (Å²) in [6.07, 6.45) is 90.9. The molecule has 90 heavy (non-hydrogen) atoms. The standard InChI is InChI=1S/C81H151NO8/c1-6-8-10-12-14-16-18-20-22-24-26-28-30-32-34-36-38-39-40-42-43-45-47-49-51-53-55-57-59-61-63-65-67-69-71-78(83)88-75-77(76-89-81(80(85)86)87-74-73-82(3,4)5)90-79(84)72-70-68-66-64-62-60-58-56-54-52-50-48-46-44-41-37-35-33-31-29-27-25-23-21-19-17-15-13-11-9-7-2/h9,11,15,17,21,23,27,29,77,81H,6-8,10,12-14,16,18-20,22,24-26,28,30-76H2,1-5H3/b11-9-,17-15-,23-21-,29-27-. The van der Waals surface area contributed by atoms with Gasteiger partial charge in [0.05, 0.1) is 40.3 Å². The van der Waals surface area contributed by atoms with Crippen LogP contribution in [-0.2, 0) is 33.3 Å². The molecule has 0 aromatic heterocycles. The molecule has 0 saturated heterocycles. The average molecular weight is 1270 g/mol. The number of esters is 2. The van der Waals surface area contributed by atoms with Crippen molar-refractivity contribution in [3.05, 3.63) is 48.6 Å². The molecule has 9 nitrogen and oxygen atoms in total. The van der Waals surface area contributed by atoms with Crippen LogP contribution >= 0.6 is 0 Å². The van der Waals surface area contributed by atoms with Gasteiger partial charge in [-0.2, -0.15) is 0 Å². The number of carboxylic acids is 1. The van der Waals surface area contributed by atoms with E-state index in [0.717, 1.165) is 57.8 Å². The number of allylic oxidation sites excluding steroid dienone is 8. The van der Waals surface area contributed by atoms with Gasteiger partial charge >= 0.3 is 11.9 Å². The third-order valence-corrected chi connectivity index (χ3v) is 17.8. The first-order chi connectivity index (χ1) is 44.1. The summed E-state index contributed by atoms with van der Waals surface area (Å²) in [5.41, 5.74) is 0. The van der Waals surface area contributed by atoms with Crippen LogP contribution < -0.4 is 5.11 Å². The SMILES string of the molecule is CC/C=C\C/C=C\C/C=C\C/C=C\CCCCCCCCCCCCCCCCCCCCC(=O)OC(COC(=O)CCCCCCCCCCCCCCCCCCCCCCCCCCCCCCCCCCCC)COC(OCC[N+](C)(C)C)C(=O)[O-]. The van der Waals surface area contributed by atoms with E-state index in [0.29, 0.717) is 23.9 Å². The molecule has 0 spiro atoms. The van der Waals surface area contributed by atoms with Crippen LogP contribution in [0.15, 0.2) is 48.6 Å². The zero-order chi connectivity index (χ0) is 65.4. The van der Waals surface area contributed by atoms with Gasteiger partial charge in [0.2, 0.25) is 0 Å². The largest absolute Gasteiger partial charge is 0.545 e. The van der Waals surface area contributed by atoms with E-state index in [4.69, 9.17) is 18.9 Å². The van der Waals surface area contributed by atoms with Crippen LogP contribution in [0.5, 0.6) is 0 Å². The average Bonchev–Trinajstić information content (AvgIpc) is 3.63. The smallest absolute Gasteiger partial charge is 0.306 e. The maximum atomic E-state index is 13.0. The van der Waals surface area contributed by atoms with Gasteiger partial charge in [-0.05, 0) is 51.4 Å². The second-order valence-corrected chi connectivity index (χ2v) is 28.0. The fourth-order valence-electron chi connectivity index (χ4n) is 11.9. The highest BCUT2D eigenvalue weighted by atomic mass is 16.7. The van der Waals surface area contributed by atoms with Crippen molar-refractivity contribution in [1.82, 2.24) is 0 Å². The fraction of sp³-hybridized carbons (Fsp3) is 0.864. The van der Waals surface area contributed by atoms with E-state index in [9.17, 15) is 19.5 Å². The summed E-state index contributed by atoms with van der Waals surface area (Å²) in [4.78, 5) is 37.6. The number of carbonyl (C=O) groups excluding carboxylic acids is 3. The maximum absolute atomic E-state index is 13.0. The minimum Gasteiger partial charge on any atom is -0.545 e. The van der Waals surface area contributed by atoms with Gasteiger partial charge in [0, 0.05) is 12.8 Å². The van der Waals surface area contributed by atoms with Crippen LogP contribution in [-0.4, -0.2) is 82.3 Å².